The smallest absolute Gasteiger partial charge is 0.408 e. The molecule has 0 aliphatic heterocycles. The average molecular weight is 357 g/mol. The molecule has 0 unspecified atom stereocenters. The third-order valence-corrected chi connectivity index (χ3v) is 4.53. The molecule has 1 amide bonds. The molecule has 0 heterocycles. The van der Waals surface area contributed by atoms with E-state index in [1.54, 1.807) is 20.8 Å². The number of ether oxygens (including phenoxy) is 1. The van der Waals surface area contributed by atoms with Crippen molar-refractivity contribution in [2.45, 2.75) is 57.6 Å². The topological polar surface area (TPSA) is 55.4 Å². The van der Waals surface area contributed by atoms with Crippen LogP contribution in [0.2, 0.25) is 0 Å². The van der Waals surface area contributed by atoms with Crippen molar-refractivity contribution in [3.05, 3.63) is 35.6 Å². The molecule has 0 aromatic heterocycles. The van der Waals surface area contributed by atoms with Gasteiger partial charge in [0.15, 0.2) is 0 Å². The van der Waals surface area contributed by atoms with Crippen LogP contribution in [0.15, 0.2) is 24.3 Å². The van der Waals surface area contributed by atoms with E-state index in [0.717, 1.165) is 6.07 Å². The maximum absolute atomic E-state index is 14.4. The first kappa shape index (κ1) is 19.3. The van der Waals surface area contributed by atoms with Crippen molar-refractivity contribution in [3.63, 3.8) is 0 Å². The highest BCUT2D eigenvalue weighted by Gasteiger charge is 2.66. The monoisotopic (exact) mass is 357 g/mol. The van der Waals surface area contributed by atoms with Gasteiger partial charge in [0.25, 0.3) is 0 Å². The molecule has 1 aromatic carbocycles. The number of alkyl carbamates (subject to hydrolysis) is 1. The second-order valence-electron chi connectivity index (χ2n) is 7.72. The minimum absolute atomic E-state index is 0.0385. The Morgan fingerprint density at radius 3 is 2.20 bits per heavy atom. The van der Waals surface area contributed by atoms with Gasteiger partial charge in [0, 0.05) is 18.4 Å². The molecule has 4 nitrogen and oxygen atoms in total. The van der Waals surface area contributed by atoms with Gasteiger partial charge >= 0.3 is 6.09 Å². The Labute approximate surface area is 144 Å². The summed E-state index contributed by atoms with van der Waals surface area (Å²) in [5.41, 5.74) is -4.18. The average Bonchev–Trinajstić information content (AvgIpc) is 2.42. The van der Waals surface area contributed by atoms with E-state index in [4.69, 9.17) is 4.74 Å². The molecule has 1 atom stereocenters. The summed E-state index contributed by atoms with van der Waals surface area (Å²) < 4.78 is 46.7. The number of amides is 1. The van der Waals surface area contributed by atoms with E-state index in [2.05, 4.69) is 5.32 Å². The molecule has 7 heteroatoms. The van der Waals surface area contributed by atoms with Crippen molar-refractivity contribution in [2.75, 3.05) is 0 Å². The number of carbonyl (C=O) groups excluding carboxylic acids is 2. The molecule has 1 fully saturated rings. The van der Waals surface area contributed by atoms with Crippen molar-refractivity contribution in [2.24, 2.45) is 5.41 Å². The van der Waals surface area contributed by atoms with Crippen LogP contribution in [-0.2, 0) is 15.1 Å². The van der Waals surface area contributed by atoms with Crippen LogP contribution in [0.1, 0.15) is 46.1 Å². The van der Waals surface area contributed by atoms with Crippen LogP contribution in [0.3, 0.4) is 0 Å². The minimum Gasteiger partial charge on any atom is -0.444 e. The summed E-state index contributed by atoms with van der Waals surface area (Å²) in [7, 11) is 0. The standard InChI is InChI=1S/C18H22F3NO3/c1-15(2,3)25-14(24)22-16(4,12-7-5-6-8-13(12)19)17(11-23)9-18(20,21)10-17/h5-8,11H,9-10H2,1-4H3,(H,22,24)/t16-/m1/s1. The molecule has 1 aliphatic carbocycles. The molecule has 1 aliphatic rings. The normalized spacial score (nSPS) is 20.8. The molecular formula is C18H22F3NO3. The van der Waals surface area contributed by atoms with Gasteiger partial charge in [-0.3, -0.25) is 0 Å². The molecule has 1 aromatic rings. The lowest BCUT2D eigenvalue weighted by Crippen LogP contribution is -2.65. The van der Waals surface area contributed by atoms with E-state index in [0.29, 0.717) is 6.29 Å². The summed E-state index contributed by atoms with van der Waals surface area (Å²) in [5.74, 6) is -3.74. The molecular weight excluding hydrogens is 335 g/mol. The lowest BCUT2D eigenvalue weighted by Gasteiger charge is -2.54. The first-order chi connectivity index (χ1) is 11.3. The van der Waals surface area contributed by atoms with Crippen LogP contribution in [0.5, 0.6) is 0 Å². The van der Waals surface area contributed by atoms with Gasteiger partial charge in [-0.05, 0) is 33.8 Å². The van der Waals surface area contributed by atoms with Crippen LogP contribution in [0.4, 0.5) is 18.0 Å². The van der Waals surface area contributed by atoms with E-state index in [1.807, 2.05) is 0 Å². The fraction of sp³-hybridized carbons (Fsp3) is 0.556. The molecule has 0 radical (unpaired) electrons. The van der Waals surface area contributed by atoms with Gasteiger partial charge in [-0.25, -0.2) is 18.0 Å². The lowest BCUT2D eigenvalue weighted by atomic mass is 9.54. The van der Waals surface area contributed by atoms with Crippen molar-refractivity contribution < 1.29 is 27.5 Å². The van der Waals surface area contributed by atoms with Gasteiger partial charge in [-0.2, -0.15) is 0 Å². The summed E-state index contributed by atoms with van der Waals surface area (Å²) in [4.78, 5) is 24.0. The van der Waals surface area contributed by atoms with Crippen LogP contribution >= 0.6 is 0 Å². The third-order valence-electron chi connectivity index (χ3n) is 4.53. The van der Waals surface area contributed by atoms with Gasteiger partial charge in [0.2, 0.25) is 5.92 Å². The summed E-state index contributed by atoms with van der Waals surface area (Å²) in [5, 5.41) is 2.47. The zero-order valence-electron chi connectivity index (χ0n) is 14.7. The number of rotatable bonds is 4. The highest BCUT2D eigenvalue weighted by atomic mass is 19.3. The number of carbonyl (C=O) groups is 2. The van der Waals surface area contributed by atoms with Crippen LogP contribution in [0, 0.1) is 11.2 Å². The van der Waals surface area contributed by atoms with Crippen molar-refractivity contribution in [1.82, 2.24) is 5.32 Å². The number of nitrogens with one attached hydrogen (secondary N) is 1. The fourth-order valence-corrected chi connectivity index (χ4v) is 3.26. The molecule has 1 N–H and O–H groups in total. The minimum atomic E-state index is -3.04. The summed E-state index contributed by atoms with van der Waals surface area (Å²) in [6, 6.07) is 5.48. The second kappa shape index (κ2) is 6.04. The van der Waals surface area contributed by atoms with E-state index < -0.39 is 47.2 Å². The maximum atomic E-state index is 14.4. The Kier molecular flexibility index (Phi) is 4.65. The summed E-state index contributed by atoms with van der Waals surface area (Å²) in [6.45, 7) is 6.29. The summed E-state index contributed by atoms with van der Waals surface area (Å²) >= 11 is 0. The van der Waals surface area contributed by atoms with Crippen molar-refractivity contribution in [3.8, 4) is 0 Å². The zero-order chi connectivity index (χ0) is 19.1. The van der Waals surface area contributed by atoms with Crippen molar-refractivity contribution in [1.29, 1.82) is 0 Å². The number of hydrogen-bond donors (Lipinski definition) is 1. The van der Waals surface area contributed by atoms with Gasteiger partial charge in [-0.15, -0.1) is 0 Å². The second-order valence-corrected chi connectivity index (χ2v) is 7.72. The first-order valence-corrected chi connectivity index (χ1v) is 7.95. The van der Waals surface area contributed by atoms with Crippen LogP contribution in [0.25, 0.3) is 0 Å². The van der Waals surface area contributed by atoms with E-state index in [-0.39, 0.29) is 5.56 Å². The van der Waals surface area contributed by atoms with E-state index in [9.17, 15) is 22.8 Å². The SMILES string of the molecule is CC(C)(C)OC(=O)N[C@](C)(c1ccccc1F)C1(C=O)CC(F)(F)C1. The first-order valence-electron chi connectivity index (χ1n) is 7.95. The van der Waals surface area contributed by atoms with Crippen LogP contribution < -0.4 is 5.32 Å². The fourth-order valence-electron chi connectivity index (χ4n) is 3.26. The quantitative estimate of drug-likeness (QED) is 0.823. The molecule has 25 heavy (non-hydrogen) atoms. The molecule has 0 saturated heterocycles. The maximum Gasteiger partial charge on any atom is 0.408 e. The Balaban J connectivity index is 2.48. The number of hydrogen-bond acceptors (Lipinski definition) is 3. The third kappa shape index (κ3) is 3.65. The number of halogens is 3. The summed E-state index contributed by atoms with van der Waals surface area (Å²) in [6.07, 6.45) is -2.07. The number of aldehydes is 1. The largest absolute Gasteiger partial charge is 0.444 e. The Bertz CT molecular complexity index is 676. The van der Waals surface area contributed by atoms with Gasteiger partial charge < -0.3 is 14.8 Å². The predicted octanol–water partition coefficient (Wildman–Crippen LogP) is 4.18. The number of benzene rings is 1. The molecule has 2 rings (SSSR count). The Morgan fingerprint density at radius 1 is 1.20 bits per heavy atom. The highest BCUT2D eigenvalue weighted by Crippen LogP contribution is 2.59. The van der Waals surface area contributed by atoms with E-state index >= 15 is 0 Å². The lowest BCUT2D eigenvalue weighted by molar-refractivity contribution is -0.190. The molecule has 1 saturated carbocycles. The molecule has 0 spiro atoms. The van der Waals surface area contributed by atoms with Gasteiger partial charge in [0.05, 0.1) is 11.0 Å². The molecule has 0 bridgehead atoms. The predicted molar refractivity (Wildman–Crippen MR) is 85.8 cm³/mol. The van der Waals surface area contributed by atoms with Gasteiger partial charge in [0.1, 0.15) is 17.7 Å². The zero-order valence-corrected chi connectivity index (χ0v) is 14.7. The Morgan fingerprint density at radius 2 is 1.76 bits per heavy atom. The number of alkyl halides is 2. The van der Waals surface area contributed by atoms with Crippen molar-refractivity contribution >= 4 is 12.4 Å². The van der Waals surface area contributed by atoms with E-state index in [1.165, 1.54) is 25.1 Å². The Hall–Kier alpha value is -2.05. The van der Waals surface area contributed by atoms with Crippen LogP contribution in [-0.4, -0.2) is 23.9 Å². The molecule has 138 valence electrons. The highest BCUT2D eigenvalue weighted by molar-refractivity contribution is 5.73. The van der Waals surface area contributed by atoms with Gasteiger partial charge in [-0.1, -0.05) is 18.2 Å².